The minimum Gasteiger partial charge on any atom is -0.465 e. The monoisotopic (exact) mass is 362 g/mol. The summed E-state index contributed by atoms with van der Waals surface area (Å²) in [4.78, 5) is 23.4. The number of carbonyl (C=O) groups is 2. The molecule has 26 heavy (non-hydrogen) atoms. The third-order valence-corrected chi connectivity index (χ3v) is 3.43. The molecule has 1 heterocycles. The van der Waals surface area contributed by atoms with Gasteiger partial charge in [-0.3, -0.25) is 4.79 Å². The molecule has 0 aliphatic rings. The predicted octanol–water partition coefficient (Wildman–Crippen LogP) is 1.72. The van der Waals surface area contributed by atoms with E-state index in [1.54, 1.807) is 13.8 Å². The molecule has 1 aromatic heterocycles. The van der Waals surface area contributed by atoms with Crippen LogP contribution in [-0.2, 0) is 25.5 Å². The van der Waals surface area contributed by atoms with Crippen LogP contribution in [0.3, 0.4) is 0 Å². The normalized spacial score (nSPS) is 11.7. The molecule has 0 radical (unpaired) electrons. The third kappa shape index (κ3) is 5.06. The summed E-state index contributed by atoms with van der Waals surface area (Å²) in [5.74, 6) is -0.553. The van der Waals surface area contributed by atoms with Gasteiger partial charge in [0.25, 0.3) is 5.88 Å². The Morgan fingerprint density at radius 1 is 1.15 bits per heavy atom. The third-order valence-electron chi connectivity index (χ3n) is 3.43. The molecule has 0 bridgehead atoms. The molecule has 0 spiro atoms. The summed E-state index contributed by atoms with van der Waals surface area (Å²) >= 11 is 0. The van der Waals surface area contributed by atoms with Crippen LogP contribution in [0.15, 0.2) is 34.9 Å². The summed E-state index contributed by atoms with van der Waals surface area (Å²) in [6.45, 7) is 3.56. The number of aromatic nitrogens is 1. The van der Waals surface area contributed by atoms with Gasteiger partial charge in [-0.25, -0.2) is 4.79 Å². The van der Waals surface area contributed by atoms with E-state index in [9.17, 15) is 9.59 Å². The van der Waals surface area contributed by atoms with Gasteiger partial charge in [0.2, 0.25) is 0 Å². The van der Waals surface area contributed by atoms with E-state index in [-0.39, 0.29) is 32.1 Å². The molecule has 2 N–H and O–H groups in total. The van der Waals surface area contributed by atoms with E-state index in [0.717, 1.165) is 5.56 Å². The van der Waals surface area contributed by atoms with Gasteiger partial charge >= 0.3 is 11.9 Å². The highest BCUT2D eigenvalue weighted by Crippen LogP contribution is 2.31. The standard InChI is InChI=1S/C18H22N2O6/c1-3-23-15(21)11-25-17-13(10-14(19)18(22)24-4-2)16(26-20-17)12-8-6-5-7-9-12/h5-9,14H,3-4,10-11,19H2,1-2H3. The fraction of sp³-hybridized carbons (Fsp3) is 0.389. The second kappa shape index (κ2) is 9.57. The van der Waals surface area contributed by atoms with Crippen molar-refractivity contribution in [2.75, 3.05) is 19.8 Å². The second-order valence-corrected chi connectivity index (χ2v) is 5.32. The number of nitrogens with two attached hydrogens (primary N) is 1. The number of esters is 2. The Kier molecular flexibility index (Phi) is 7.16. The number of hydrogen-bond donors (Lipinski definition) is 1. The number of benzene rings is 1. The first-order valence-electron chi connectivity index (χ1n) is 8.31. The van der Waals surface area contributed by atoms with Crippen LogP contribution in [0.2, 0.25) is 0 Å². The van der Waals surface area contributed by atoms with Crippen molar-refractivity contribution >= 4 is 11.9 Å². The van der Waals surface area contributed by atoms with Gasteiger partial charge in [-0.05, 0) is 19.0 Å². The van der Waals surface area contributed by atoms with Gasteiger partial charge in [-0.2, -0.15) is 0 Å². The van der Waals surface area contributed by atoms with Gasteiger partial charge in [0.1, 0.15) is 6.04 Å². The molecule has 0 aliphatic heterocycles. The van der Waals surface area contributed by atoms with E-state index in [2.05, 4.69) is 5.16 Å². The molecule has 1 unspecified atom stereocenters. The van der Waals surface area contributed by atoms with Gasteiger partial charge < -0.3 is 24.5 Å². The highest BCUT2D eigenvalue weighted by molar-refractivity contribution is 5.77. The summed E-state index contributed by atoms with van der Waals surface area (Å²) in [5, 5.41) is 3.87. The van der Waals surface area contributed by atoms with E-state index < -0.39 is 18.0 Å². The quantitative estimate of drug-likeness (QED) is 0.671. The van der Waals surface area contributed by atoms with E-state index in [1.165, 1.54) is 0 Å². The highest BCUT2D eigenvalue weighted by Gasteiger charge is 2.25. The van der Waals surface area contributed by atoms with Crippen LogP contribution in [-0.4, -0.2) is 43.0 Å². The zero-order chi connectivity index (χ0) is 18.9. The Labute approximate surface area is 151 Å². The minimum absolute atomic E-state index is 0.0880. The Hall–Kier alpha value is -2.87. The van der Waals surface area contributed by atoms with Crippen molar-refractivity contribution in [2.45, 2.75) is 26.3 Å². The van der Waals surface area contributed by atoms with Crippen molar-refractivity contribution in [2.24, 2.45) is 5.73 Å². The SMILES string of the molecule is CCOC(=O)COc1noc(-c2ccccc2)c1CC(N)C(=O)OCC. The molecule has 0 fully saturated rings. The van der Waals surface area contributed by atoms with Crippen molar-refractivity contribution in [3.8, 4) is 17.2 Å². The summed E-state index contributed by atoms with van der Waals surface area (Å²) in [6, 6.07) is 8.28. The molecule has 0 saturated heterocycles. The Morgan fingerprint density at radius 3 is 2.50 bits per heavy atom. The van der Waals surface area contributed by atoms with Gasteiger partial charge in [0, 0.05) is 12.0 Å². The smallest absolute Gasteiger partial charge is 0.344 e. The van der Waals surface area contributed by atoms with Gasteiger partial charge in [-0.1, -0.05) is 30.3 Å². The average Bonchev–Trinajstić information content (AvgIpc) is 3.03. The van der Waals surface area contributed by atoms with Crippen LogP contribution >= 0.6 is 0 Å². The van der Waals surface area contributed by atoms with Crippen molar-refractivity contribution in [3.05, 3.63) is 35.9 Å². The first kappa shape index (κ1) is 19.5. The van der Waals surface area contributed by atoms with Gasteiger partial charge in [0.15, 0.2) is 12.4 Å². The van der Waals surface area contributed by atoms with Crippen LogP contribution in [0, 0.1) is 0 Å². The summed E-state index contributed by atoms with van der Waals surface area (Å²) in [5.41, 5.74) is 7.16. The van der Waals surface area contributed by atoms with E-state index >= 15 is 0 Å². The molecule has 1 aromatic carbocycles. The molecule has 8 nitrogen and oxygen atoms in total. The number of hydrogen-bond acceptors (Lipinski definition) is 8. The van der Waals surface area contributed by atoms with Crippen LogP contribution < -0.4 is 10.5 Å². The Bertz CT molecular complexity index is 729. The van der Waals surface area contributed by atoms with Gasteiger partial charge in [-0.15, -0.1) is 0 Å². The molecule has 0 amide bonds. The van der Waals surface area contributed by atoms with Crippen molar-refractivity contribution < 1.29 is 28.3 Å². The maximum atomic E-state index is 11.9. The maximum Gasteiger partial charge on any atom is 0.344 e. The van der Waals surface area contributed by atoms with Gasteiger partial charge in [0.05, 0.1) is 18.8 Å². The molecule has 8 heteroatoms. The summed E-state index contributed by atoms with van der Waals surface area (Å²) < 4.78 is 20.6. The van der Waals surface area contributed by atoms with Crippen molar-refractivity contribution in [1.29, 1.82) is 0 Å². The molecular formula is C18H22N2O6. The first-order valence-corrected chi connectivity index (χ1v) is 8.31. The van der Waals surface area contributed by atoms with Crippen LogP contribution in [0.1, 0.15) is 19.4 Å². The van der Waals surface area contributed by atoms with E-state index in [1.807, 2.05) is 30.3 Å². The number of nitrogens with zero attached hydrogens (tertiary/aromatic N) is 1. The topological polar surface area (TPSA) is 114 Å². The lowest BCUT2D eigenvalue weighted by atomic mass is 10.0. The Morgan fingerprint density at radius 2 is 1.85 bits per heavy atom. The number of carbonyl (C=O) groups excluding carboxylic acids is 2. The number of ether oxygens (including phenoxy) is 3. The van der Waals surface area contributed by atoms with Crippen molar-refractivity contribution in [1.82, 2.24) is 5.16 Å². The Balaban J connectivity index is 2.26. The summed E-state index contributed by atoms with van der Waals surface area (Å²) in [6.07, 6.45) is 0.0880. The lowest BCUT2D eigenvalue weighted by molar-refractivity contribution is -0.146. The molecule has 2 aromatic rings. The zero-order valence-corrected chi connectivity index (χ0v) is 14.8. The lowest BCUT2D eigenvalue weighted by Gasteiger charge is -2.11. The maximum absolute atomic E-state index is 11.9. The zero-order valence-electron chi connectivity index (χ0n) is 14.8. The second-order valence-electron chi connectivity index (χ2n) is 5.32. The predicted molar refractivity (Wildman–Crippen MR) is 92.4 cm³/mol. The van der Waals surface area contributed by atoms with Crippen LogP contribution in [0.25, 0.3) is 11.3 Å². The van der Waals surface area contributed by atoms with E-state index in [0.29, 0.717) is 11.3 Å². The fourth-order valence-corrected chi connectivity index (χ4v) is 2.29. The molecule has 2 rings (SSSR count). The minimum atomic E-state index is -0.915. The molecule has 1 atom stereocenters. The highest BCUT2D eigenvalue weighted by atomic mass is 16.6. The largest absolute Gasteiger partial charge is 0.465 e. The number of rotatable bonds is 9. The average molecular weight is 362 g/mol. The summed E-state index contributed by atoms with van der Waals surface area (Å²) in [7, 11) is 0. The molecule has 0 saturated carbocycles. The van der Waals surface area contributed by atoms with E-state index in [4.69, 9.17) is 24.5 Å². The van der Waals surface area contributed by atoms with Crippen LogP contribution in [0.5, 0.6) is 5.88 Å². The first-order chi connectivity index (χ1) is 12.6. The lowest BCUT2D eigenvalue weighted by Crippen LogP contribution is -2.34. The molecular weight excluding hydrogens is 340 g/mol. The van der Waals surface area contributed by atoms with Crippen molar-refractivity contribution in [3.63, 3.8) is 0 Å². The molecule has 140 valence electrons. The fourth-order valence-electron chi connectivity index (χ4n) is 2.29. The molecule has 0 aliphatic carbocycles. The van der Waals surface area contributed by atoms with Crippen LogP contribution in [0.4, 0.5) is 0 Å².